The largest absolute Gasteiger partial charge is 0.396 e. The van der Waals surface area contributed by atoms with Crippen LogP contribution in [0, 0.1) is 0 Å². The molecule has 2 aromatic rings. The summed E-state index contributed by atoms with van der Waals surface area (Å²) in [5.41, 5.74) is 3.36. The number of nitrogens with zero attached hydrogens (tertiary/aromatic N) is 4. The predicted octanol–water partition coefficient (Wildman–Crippen LogP) is 3.16. The summed E-state index contributed by atoms with van der Waals surface area (Å²) in [5.74, 6) is 1.84. The minimum Gasteiger partial charge on any atom is -0.396 e. The van der Waals surface area contributed by atoms with Crippen molar-refractivity contribution in [2.24, 2.45) is 0 Å². The fourth-order valence-corrected chi connectivity index (χ4v) is 4.17. The van der Waals surface area contributed by atoms with Crippen molar-refractivity contribution < 1.29 is 5.11 Å². The molecule has 2 aliphatic rings. The molecule has 0 spiro atoms. The zero-order chi connectivity index (χ0) is 17.1. The normalized spacial score (nSPS) is 20.4. The van der Waals surface area contributed by atoms with Crippen LogP contribution in [0.15, 0.2) is 24.4 Å². The SMILES string of the molecule is OCCC1CCCCCN1c1nc(-c2ccccn2)nc2c1CCC2. The average Bonchev–Trinajstić information content (AvgIpc) is 3.01. The molecule has 4 rings (SSSR count). The van der Waals surface area contributed by atoms with E-state index in [9.17, 15) is 5.11 Å². The molecule has 0 aromatic carbocycles. The summed E-state index contributed by atoms with van der Waals surface area (Å²) in [6, 6.07) is 6.26. The molecule has 0 saturated carbocycles. The van der Waals surface area contributed by atoms with Crippen LogP contribution in [0.2, 0.25) is 0 Å². The van der Waals surface area contributed by atoms with E-state index in [1.807, 2.05) is 18.2 Å². The summed E-state index contributed by atoms with van der Waals surface area (Å²) >= 11 is 0. The lowest BCUT2D eigenvalue weighted by Gasteiger charge is -2.32. The first-order valence-corrected chi connectivity index (χ1v) is 9.55. The van der Waals surface area contributed by atoms with Gasteiger partial charge in [0.15, 0.2) is 5.82 Å². The molecule has 2 aromatic heterocycles. The van der Waals surface area contributed by atoms with Crippen LogP contribution in [-0.2, 0) is 12.8 Å². The first-order chi connectivity index (χ1) is 12.4. The third kappa shape index (κ3) is 3.38. The Morgan fingerprint density at radius 2 is 2.04 bits per heavy atom. The Morgan fingerprint density at radius 3 is 2.88 bits per heavy atom. The maximum Gasteiger partial charge on any atom is 0.180 e. The highest BCUT2D eigenvalue weighted by Gasteiger charge is 2.28. The monoisotopic (exact) mass is 338 g/mol. The zero-order valence-electron chi connectivity index (χ0n) is 14.7. The molecule has 0 bridgehead atoms. The highest BCUT2D eigenvalue weighted by Crippen LogP contribution is 2.34. The van der Waals surface area contributed by atoms with Crippen molar-refractivity contribution in [3.8, 4) is 11.5 Å². The number of fused-ring (bicyclic) bond motifs is 1. The van der Waals surface area contributed by atoms with Crippen LogP contribution in [0.25, 0.3) is 11.5 Å². The van der Waals surface area contributed by atoms with Crippen LogP contribution in [0.4, 0.5) is 5.82 Å². The fraction of sp³-hybridized carbons (Fsp3) is 0.550. The number of anilines is 1. The smallest absolute Gasteiger partial charge is 0.180 e. The number of aromatic nitrogens is 3. The summed E-state index contributed by atoms with van der Waals surface area (Å²) in [6.45, 7) is 1.26. The molecule has 1 unspecified atom stereocenters. The predicted molar refractivity (Wildman–Crippen MR) is 98.6 cm³/mol. The second kappa shape index (κ2) is 7.48. The molecular formula is C20H26N4O. The average molecular weight is 338 g/mol. The number of hydrogen-bond acceptors (Lipinski definition) is 5. The molecule has 0 radical (unpaired) electrons. The Hall–Kier alpha value is -2.01. The topological polar surface area (TPSA) is 62.1 Å². The molecule has 1 fully saturated rings. The van der Waals surface area contributed by atoms with Gasteiger partial charge >= 0.3 is 0 Å². The molecule has 3 heterocycles. The van der Waals surface area contributed by atoms with Crippen molar-refractivity contribution in [2.75, 3.05) is 18.1 Å². The number of rotatable bonds is 4. The van der Waals surface area contributed by atoms with Crippen LogP contribution >= 0.6 is 0 Å². The van der Waals surface area contributed by atoms with Gasteiger partial charge in [-0.1, -0.05) is 18.9 Å². The van der Waals surface area contributed by atoms with Crippen LogP contribution in [0.1, 0.15) is 49.8 Å². The Kier molecular flexibility index (Phi) is 4.92. The van der Waals surface area contributed by atoms with Crippen LogP contribution in [0.5, 0.6) is 0 Å². The molecule has 1 saturated heterocycles. The number of hydrogen-bond donors (Lipinski definition) is 1. The zero-order valence-corrected chi connectivity index (χ0v) is 14.7. The lowest BCUT2D eigenvalue weighted by molar-refractivity contribution is 0.270. The number of aliphatic hydroxyl groups is 1. The maximum atomic E-state index is 9.53. The van der Waals surface area contributed by atoms with Gasteiger partial charge in [0.2, 0.25) is 0 Å². The molecule has 5 heteroatoms. The molecule has 1 N–H and O–H groups in total. The number of aliphatic hydroxyl groups excluding tert-OH is 1. The van der Waals surface area contributed by atoms with Gasteiger partial charge in [-0.15, -0.1) is 0 Å². The van der Waals surface area contributed by atoms with Crippen LogP contribution in [-0.4, -0.2) is 39.3 Å². The second-order valence-corrected chi connectivity index (χ2v) is 7.07. The van der Waals surface area contributed by atoms with E-state index in [0.717, 1.165) is 56.0 Å². The molecule has 5 nitrogen and oxygen atoms in total. The van der Waals surface area contributed by atoms with Crippen molar-refractivity contribution in [1.82, 2.24) is 15.0 Å². The van der Waals surface area contributed by atoms with Crippen LogP contribution < -0.4 is 4.90 Å². The number of aryl methyl sites for hydroxylation is 1. The van der Waals surface area contributed by atoms with Gasteiger partial charge in [0.25, 0.3) is 0 Å². The summed E-state index contributed by atoms with van der Waals surface area (Å²) in [5, 5.41) is 9.53. The second-order valence-electron chi connectivity index (χ2n) is 7.07. The van der Waals surface area contributed by atoms with Gasteiger partial charge < -0.3 is 10.0 Å². The minimum atomic E-state index is 0.238. The highest BCUT2D eigenvalue weighted by atomic mass is 16.3. The first-order valence-electron chi connectivity index (χ1n) is 9.55. The van der Waals surface area contributed by atoms with Gasteiger partial charge in [0.05, 0.1) is 0 Å². The van der Waals surface area contributed by atoms with Gasteiger partial charge in [0, 0.05) is 36.6 Å². The summed E-state index contributed by atoms with van der Waals surface area (Å²) < 4.78 is 0. The quantitative estimate of drug-likeness (QED) is 0.928. The molecule has 1 aliphatic carbocycles. The van der Waals surface area contributed by atoms with Gasteiger partial charge in [-0.05, 0) is 50.7 Å². The van der Waals surface area contributed by atoms with Crippen molar-refractivity contribution in [2.45, 2.75) is 57.4 Å². The van der Waals surface area contributed by atoms with E-state index in [2.05, 4.69) is 9.88 Å². The summed E-state index contributed by atoms with van der Waals surface area (Å²) in [7, 11) is 0. The van der Waals surface area contributed by atoms with E-state index >= 15 is 0 Å². The van der Waals surface area contributed by atoms with Gasteiger partial charge in [0.1, 0.15) is 11.5 Å². The van der Waals surface area contributed by atoms with E-state index in [1.54, 1.807) is 6.20 Å². The van der Waals surface area contributed by atoms with E-state index in [1.165, 1.54) is 30.5 Å². The maximum absolute atomic E-state index is 9.53. The standard InChI is InChI=1S/C20H26N4O/c25-14-11-15-7-2-1-5-13-24(15)20-16-8-6-10-17(16)22-19(23-20)18-9-3-4-12-21-18/h3-4,9,12,15,25H,1-2,5-8,10-11,13-14H2. The molecule has 25 heavy (non-hydrogen) atoms. The van der Waals surface area contributed by atoms with Crippen molar-refractivity contribution in [3.63, 3.8) is 0 Å². The number of pyridine rings is 1. The Balaban J connectivity index is 1.78. The Labute approximate surface area is 149 Å². The molecule has 1 aliphatic heterocycles. The Bertz CT molecular complexity index is 719. The Morgan fingerprint density at radius 1 is 1.08 bits per heavy atom. The third-order valence-corrected chi connectivity index (χ3v) is 5.42. The molecule has 132 valence electrons. The van der Waals surface area contributed by atoms with Gasteiger partial charge in [-0.2, -0.15) is 0 Å². The minimum absolute atomic E-state index is 0.238. The van der Waals surface area contributed by atoms with Crippen LogP contribution in [0.3, 0.4) is 0 Å². The van der Waals surface area contributed by atoms with E-state index in [0.29, 0.717) is 6.04 Å². The van der Waals surface area contributed by atoms with E-state index < -0.39 is 0 Å². The van der Waals surface area contributed by atoms with E-state index in [-0.39, 0.29) is 6.61 Å². The molecule has 0 amide bonds. The van der Waals surface area contributed by atoms with Crippen molar-refractivity contribution >= 4 is 5.82 Å². The molecule has 1 atom stereocenters. The first kappa shape index (κ1) is 16.5. The van der Waals surface area contributed by atoms with Crippen molar-refractivity contribution in [3.05, 3.63) is 35.7 Å². The lowest BCUT2D eigenvalue weighted by Crippen LogP contribution is -2.37. The summed E-state index contributed by atoms with van der Waals surface area (Å²) in [6.07, 6.45) is 10.7. The van der Waals surface area contributed by atoms with E-state index in [4.69, 9.17) is 9.97 Å². The van der Waals surface area contributed by atoms with Gasteiger partial charge in [-0.25, -0.2) is 9.97 Å². The third-order valence-electron chi connectivity index (χ3n) is 5.42. The highest BCUT2D eigenvalue weighted by molar-refractivity contribution is 5.59. The van der Waals surface area contributed by atoms with Crippen molar-refractivity contribution in [1.29, 1.82) is 0 Å². The molecular weight excluding hydrogens is 312 g/mol. The summed E-state index contributed by atoms with van der Waals surface area (Å²) in [4.78, 5) is 16.7. The fourth-order valence-electron chi connectivity index (χ4n) is 4.17. The lowest BCUT2D eigenvalue weighted by atomic mass is 10.1. The van der Waals surface area contributed by atoms with Gasteiger partial charge in [-0.3, -0.25) is 4.98 Å².